The SMILES string of the molecule is COC(=O)c1ccccc1NC(=O)c1cnc(N2CCc3ccccc32)nc1. The topological polar surface area (TPSA) is 84.4 Å². The van der Waals surface area contributed by atoms with E-state index < -0.39 is 11.9 Å². The van der Waals surface area contributed by atoms with E-state index in [-0.39, 0.29) is 5.56 Å². The van der Waals surface area contributed by atoms with Gasteiger partial charge in [0.25, 0.3) is 5.91 Å². The Morgan fingerprint density at radius 1 is 1.04 bits per heavy atom. The van der Waals surface area contributed by atoms with Gasteiger partial charge in [-0.15, -0.1) is 0 Å². The monoisotopic (exact) mass is 374 g/mol. The summed E-state index contributed by atoms with van der Waals surface area (Å²) in [7, 11) is 1.30. The molecule has 140 valence electrons. The second-order valence-electron chi connectivity index (χ2n) is 6.29. The maximum atomic E-state index is 12.6. The molecule has 4 rings (SSSR count). The van der Waals surface area contributed by atoms with Gasteiger partial charge in [-0.25, -0.2) is 14.8 Å². The smallest absolute Gasteiger partial charge is 0.339 e. The summed E-state index contributed by atoms with van der Waals surface area (Å²) in [6.07, 6.45) is 3.91. The van der Waals surface area contributed by atoms with Gasteiger partial charge < -0.3 is 15.0 Å². The highest BCUT2D eigenvalue weighted by Crippen LogP contribution is 2.31. The van der Waals surface area contributed by atoms with Crippen LogP contribution >= 0.6 is 0 Å². The second kappa shape index (κ2) is 7.48. The van der Waals surface area contributed by atoms with Gasteiger partial charge in [-0.3, -0.25) is 4.79 Å². The molecule has 7 heteroatoms. The number of aromatic nitrogens is 2. The first-order valence-corrected chi connectivity index (χ1v) is 8.83. The van der Waals surface area contributed by atoms with Gasteiger partial charge in [0.05, 0.1) is 23.9 Å². The van der Waals surface area contributed by atoms with Crippen molar-refractivity contribution in [2.45, 2.75) is 6.42 Å². The van der Waals surface area contributed by atoms with Crippen molar-refractivity contribution in [3.63, 3.8) is 0 Å². The maximum absolute atomic E-state index is 12.6. The zero-order valence-corrected chi connectivity index (χ0v) is 15.3. The van der Waals surface area contributed by atoms with Crippen LogP contribution in [-0.4, -0.2) is 35.5 Å². The number of amides is 1. The number of anilines is 3. The molecule has 1 aliphatic heterocycles. The number of hydrogen-bond donors (Lipinski definition) is 1. The van der Waals surface area contributed by atoms with E-state index in [2.05, 4.69) is 21.4 Å². The molecule has 3 aromatic rings. The van der Waals surface area contributed by atoms with Crippen LogP contribution in [-0.2, 0) is 11.2 Å². The van der Waals surface area contributed by atoms with Crippen LogP contribution in [0.4, 0.5) is 17.3 Å². The van der Waals surface area contributed by atoms with E-state index in [1.165, 1.54) is 25.1 Å². The number of fused-ring (bicyclic) bond motifs is 1. The molecule has 0 unspecified atom stereocenters. The zero-order chi connectivity index (χ0) is 19.5. The largest absolute Gasteiger partial charge is 0.465 e. The molecule has 2 heterocycles. The minimum atomic E-state index is -0.518. The van der Waals surface area contributed by atoms with Gasteiger partial charge in [0.1, 0.15) is 0 Å². The highest BCUT2D eigenvalue weighted by atomic mass is 16.5. The lowest BCUT2D eigenvalue weighted by molar-refractivity contribution is 0.0602. The Morgan fingerprint density at radius 2 is 1.75 bits per heavy atom. The van der Waals surface area contributed by atoms with Gasteiger partial charge in [0, 0.05) is 24.6 Å². The summed E-state index contributed by atoms with van der Waals surface area (Å²) >= 11 is 0. The summed E-state index contributed by atoms with van der Waals surface area (Å²) in [4.78, 5) is 35.1. The third-order valence-corrected chi connectivity index (χ3v) is 4.61. The van der Waals surface area contributed by atoms with Gasteiger partial charge in [0.15, 0.2) is 0 Å². The van der Waals surface area contributed by atoms with Crippen LogP contribution < -0.4 is 10.2 Å². The highest BCUT2D eigenvalue weighted by Gasteiger charge is 2.22. The Hall–Kier alpha value is -3.74. The summed E-state index contributed by atoms with van der Waals surface area (Å²) in [5, 5.41) is 2.71. The Labute approximate surface area is 162 Å². The van der Waals surface area contributed by atoms with Crippen molar-refractivity contribution >= 4 is 29.2 Å². The van der Waals surface area contributed by atoms with Gasteiger partial charge in [-0.1, -0.05) is 30.3 Å². The molecular weight excluding hydrogens is 356 g/mol. The quantitative estimate of drug-likeness (QED) is 0.706. The Bertz CT molecular complexity index is 1030. The number of esters is 1. The molecule has 1 amide bonds. The lowest BCUT2D eigenvalue weighted by Crippen LogP contribution is -2.19. The van der Waals surface area contributed by atoms with E-state index in [0.29, 0.717) is 17.2 Å². The molecule has 0 bridgehead atoms. The first kappa shape index (κ1) is 17.7. The predicted molar refractivity (Wildman–Crippen MR) is 105 cm³/mol. The lowest BCUT2D eigenvalue weighted by atomic mass is 10.1. The molecule has 28 heavy (non-hydrogen) atoms. The number of ether oxygens (including phenoxy) is 1. The summed E-state index contributed by atoms with van der Waals surface area (Å²) in [5.74, 6) is -0.364. The fourth-order valence-corrected chi connectivity index (χ4v) is 3.20. The molecule has 2 aromatic carbocycles. The lowest BCUT2D eigenvalue weighted by Gasteiger charge is -2.17. The molecule has 0 saturated heterocycles. The van der Waals surface area contributed by atoms with Crippen LogP contribution in [0, 0.1) is 0 Å². The number of benzene rings is 2. The average Bonchev–Trinajstić information content (AvgIpc) is 3.18. The number of carbonyl (C=O) groups excluding carboxylic acids is 2. The second-order valence-corrected chi connectivity index (χ2v) is 6.29. The Balaban J connectivity index is 1.52. The van der Waals surface area contributed by atoms with E-state index in [4.69, 9.17) is 4.74 Å². The van der Waals surface area contributed by atoms with Crippen LogP contribution in [0.2, 0.25) is 0 Å². The van der Waals surface area contributed by atoms with Crippen molar-refractivity contribution in [2.75, 3.05) is 23.9 Å². The number of carbonyl (C=O) groups is 2. The van der Waals surface area contributed by atoms with Crippen molar-refractivity contribution in [2.24, 2.45) is 0 Å². The minimum Gasteiger partial charge on any atom is -0.465 e. The summed E-state index contributed by atoms with van der Waals surface area (Å²) in [6, 6.07) is 14.8. The molecule has 0 spiro atoms. The summed E-state index contributed by atoms with van der Waals surface area (Å²) < 4.78 is 4.75. The molecule has 1 aliphatic rings. The molecule has 0 aliphatic carbocycles. The van der Waals surface area contributed by atoms with Crippen LogP contribution in [0.1, 0.15) is 26.3 Å². The molecule has 0 saturated carbocycles. The molecule has 0 fully saturated rings. The number of nitrogens with zero attached hydrogens (tertiary/aromatic N) is 3. The first-order chi connectivity index (χ1) is 13.7. The number of rotatable bonds is 4. The normalized spacial score (nSPS) is 12.4. The van der Waals surface area contributed by atoms with Crippen LogP contribution in [0.3, 0.4) is 0 Å². The van der Waals surface area contributed by atoms with Crippen molar-refractivity contribution in [3.05, 3.63) is 77.6 Å². The predicted octanol–water partition coefficient (Wildman–Crippen LogP) is 3.21. The van der Waals surface area contributed by atoms with E-state index >= 15 is 0 Å². The highest BCUT2D eigenvalue weighted by molar-refractivity contribution is 6.07. The standard InChI is InChI=1S/C21H18N4O3/c1-28-20(27)16-7-3-4-8-17(16)24-19(26)15-12-22-21(23-13-15)25-11-10-14-6-2-5-9-18(14)25/h2-9,12-13H,10-11H2,1H3,(H,24,26). The first-order valence-electron chi connectivity index (χ1n) is 8.83. The third-order valence-electron chi connectivity index (χ3n) is 4.61. The van der Waals surface area contributed by atoms with Crippen molar-refractivity contribution in [3.8, 4) is 0 Å². The van der Waals surface area contributed by atoms with Crippen LogP contribution in [0.5, 0.6) is 0 Å². The summed E-state index contributed by atoms with van der Waals surface area (Å²) in [5.41, 5.74) is 3.30. The molecule has 1 aromatic heterocycles. The minimum absolute atomic E-state index is 0.282. The molecule has 7 nitrogen and oxygen atoms in total. The number of nitrogens with one attached hydrogen (secondary N) is 1. The van der Waals surface area contributed by atoms with Gasteiger partial charge in [0.2, 0.25) is 5.95 Å². The van der Waals surface area contributed by atoms with E-state index in [9.17, 15) is 9.59 Å². The molecule has 0 radical (unpaired) electrons. The third kappa shape index (κ3) is 3.29. The number of hydrogen-bond acceptors (Lipinski definition) is 6. The average molecular weight is 374 g/mol. The summed E-state index contributed by atoms with van der Waals surface area (Å²) in [6.45, 7) is 0.803. The van der Waals surface area contributed by atoms with Gasteiger partial charge in [-0.05, 0) is 30.2 Å². The Morgan fingerprint density at radius 3 is 2.54 bits per heavy atom. The molecular formula is C21H18N4O3. The fraction of sp³-hybridized carbons (Fsp3) is 0.143. The van der Waals surface area contributed by atoms with Crippen molar-refractivity contribution in [1.29, 1.82) is 0 Å². The van der Waals surface area contributed by atoms with Crippen molar-refractivity contribution < 1.29 is 14.3 Å². The molecule has 0 atom stereocenters. The van der Waals surface area contributed by atoms with E-state index in [1.54, 1.807) is 24.3 Å². The van der Waals surface area contributed by atoms with Crippen LogP contribution in [0.25, 0.3) is 0 Å². The fourth-order valence-electron chi connectivity index (χ4n) is 3.20. The molecule has 1 N–H and O–H groups in total. The zero-order valence-electron chi connectivity index (χ0n) is 15.3. The Kier molecular flexibility index (Phi) is 4.72. The maximum Gasteiger partial charge on any atom is 0.339 e. The van der Waals surface area contributed by atoms with Crippen LogP contribution in [0.15, 0.2) is 60.9 Å². The number of para-hydroxylation sites is 2. The van der Waals surface area contributed by atoms with Gasteiger partial charge >= 0.3 is 5.97 Å². The van der Waals surface area contributed by atoms with Crippen molar-refractivity contribution in [1.82, 2.24) is 9.97 Å². The van der Waals surface area contributed by atoms with Gasteiger partial charge in [-0.2, -0.15) is 0 Å². The van der Waals surface area contributed by atoms with E-state index in [1.807, 2.05) is 23.1 Å². The van der Waals surface area contributed by atoms with E-state index in [0.717, 1.165) is 18.7 Å². The number of methoxy groups -OCH3 is 1.